The molecule has 0 spiro atoms. The van der Waals surface area contributed by atoms with Gasteiger partial charge in [-0.15, -0.1) is 0 Å². The lowest BCUT2D eigenvalue weighted by atomic mass is 10.1. The Morgan fingerprint density at radius 3 is 2.43 bits per heavy atom. The van der Waals surface area contributed by atoms with Crippen LogP contribution in [0.25, 0.3) is 0 Å². The van der Waals surface area contributed by atoms with E-state index in [1.807, 2.05) is 13.0 Å². The van der Waals surface area contributed by atoms with Gasteiger partial charge in [-0.3, -0.25) is 4.72 Å². The van der Waals surface area contributed by atoms with Crippen molar-refractivity contribution >= 4 is 15.7 Å². The molecule has 78 valence electrons. The summed E-state index contributed by atoms with van der Waals surface area (Å²) in [6.07, 6.45) is 1.12. The quantitative estimate of drug-likeness (QED) is 0.790. The van der Waals surface area contributed by atoms with E-state index in [1.165, 1.54) is 0 Å². The summed E-state index contributed by atoms with van der Waals surface area (Å²) in [6.45, 7) is 1.81. The Hall–Kier alpha value is -1.07. The molecule has 0 heterocycles. The molecular formula is C9H14N2O2S. The fourth-order valence-corrected chi connectivity index (χ4v) is 1.77. The van der Waals surface area contributed by atoms with E-state index in [9.17, 15) is 8.42 Å². The van der Waals surface area contributed by atoms with Gasteiger partial charge in [0.1, 0.15) is 0 Å². The van der Waals surface area contributed by atoms with Crippen LogP contribution in [0.5, 0.6) is 0 Å². The molecule has 0 aromatic heterocycles. The highest BCUT2D eigenvalue weighted by Crippen LogP contribution is 2.21. The van der Waals surface area contributed by atoms with Gasteiger partial charge >= 0.3 is 0 Å². The van der Waals surface area contributed by atoms with Crippen molar-refractivity contribution in [1.82, 2.24) is 0 Å². The summed E-state index contributed by atoms with van der Waals surface area (Å²) in [5, 5.41) is 0. The maximum Gasteiger partial charge on any atom is 0.229 e. The van der Waals surface area contributed by atoms with Gasteiger partial charge in [-0.25, -0.2) is 8.42 Å². The minimum atomic E-state index is -3.24. The lowest BCUT2D eigenvalue weighted by molar-refractivity contribution is 0.606. The average Bonchev–Trinajstić information content (AvgIpc) is 2.01. The van der Waals surface area contributed by atoms with Crippen LogP contribution in [0.4, 0.5) is 5.69 Å². The fourth-order valence-electron chi connectivity index (χ4n) is 1.19. The van der Waals surface area contributed by atoms with Crippen LogP contribution >= 0.6 is 0 Å². The number of rotatable bonds is 3. The highest BCUT2D eigenvalue weighted by Gasteiger charge is 2.08. The molecule has 0 amide bonds. The second-order valence-electron chi connectivity index (χ2n) is 3.25. The molecule has 0 fully saturated rings. The maximum atomic E-state index is 11.0. The molecule has 0 aliphatic carbocycles. The zero-order valence-electron chi connectivity index (χ0n) is 8.19. The number of para-hydroxylation sites is 1. The smallest absolute Gasteiger partial charge is 0.229 e. The predicted molar refractivity (Wildman–Crippen MR) is 57.5 cm³/mol. The predicted octanol–water partition coefficient (Wildman–Crippen LogP) is 1.08. The Kier molecular flexibility index (Phi) is 3.13. The van der Waals surface area contributed by atoms with Crippen LogP contribution in [0.3, 0.4) is 0 Å². The molecule has 0 saturated carbocycles. The number of benzene rings is 1. The third-order valence-corrected chi connectivity index (χ3v) is 2.34. The van der Waals surface area contributed by atoms with Crippen molar-refractivity contribution < 1.29 is 8.42 Å². The number of hydrogen-bond donors (Lipinski definition) is 2. The molecule has 0 aliphatic heterocycles. The third-order valence-electron chi connectivity index (χ3n) is 1.75. The minimum Gasteiger partial charge on any atom is -0.324 e. The molecule has 5 heteroatoms. The van der Waals surface area contributed by atoms with Gasteiger partial charge in [0, 0.05) is 6.04 Å². The first-order valence-electron chi connectivity index (χ1n) is 4.22. The van der Waals surface area contributed by atoms with E-state index >= 15 is 0 Å². The zero-order valence-corrected chi connectivity index (χ0v) is 9.01. The van der Waals surface area contributed by atoms with Gasteiger partial charge < -0.3 is 5.73 Å². The van der Waals surface area contributed by atoms with Crippen LogP contribution in [0, 0.1) is 0 Å². The van der Waals surface area contributed by atoms with Crippen molar-refractivity contribution in [3.8, 4) is 0 Å². The van der Waals surface area contributed by atoms with Crippen molar-refractivity contribution in [1.29, 1.82) is 0 Å². The van der Waals surface area contributed by atoms with E-state index in [1.54, 1.807) is 18.2 Å². The van der Waals surface area contributed by atoms with Gasteiger partial charge in [0.05, 0.1) is 11.9 Å². The standard InChI is InChI=1S/C9H14N2O2S/c1-7(10)8-5-3-4-6-9(8)11-14(2,12)13/h3-7,11H,10H2,1-2H3/t7-/m0/s1. The van der Waals surface area contributed by atoms with E-state index in [4.69, 9.17) is 5.73 Å². The van der Waals surface area contributed by atoms with Gasteiger partial charge in [0.15, 0.2) is 0 Å². The summed E-state index contributed by atoms with van der Waals surface area (Å²) >= 11 is 0. The first kappa shape index (κ1) is 11.0. The Morgan fingerprint density at radius 2 is 1.93 bits per heavy atom. The largest absolute Gasteiger partial charge is 0.324 e. The normalized spacial score (nSPS) is 13.6. The highest BCUT2D eigenvalue weighted by molar-refractivity contribution is 7.92. The van der Waals surface area contributed by atoms with Gasteiger partial charge in [-0.2, -0.15) is 0 Å². The molecule has 0 bridgehead atoms. The van der Waals surface area contributed by atoms with Crippen molar-refractivity contribution in [2.24, 2.45) is 5.73 Å². The number of anilines is 1. The van der Waals surface area contributed by atoms with E-state index in [-0.39, 0.29) is 6.04 Å². The molecule has 1 aromatic rings. The van der Waals surface area contributed by atoms with Crippen LogP contribution in [-0.2, 0) is 10.0 Å². The summed E-state index contributed by atoms with van der Waals surface area (Å²) in [4.78, 5) is 0. The summed E-state index contributed by atoms with van der Waals surface area (Å²) in [5.74, 6) is 0. The van der Waals surface area contributed by atoms with E-state index in [2.05, 4.69) is 4.72 Å². The number of hydrogen-bond acceptors (Lipinski definition) is 3. The van der Waals surface area contributed by atoms with E-state index in [0.29, 0.717) is 5.69 Å². The molecule has 0 aliphatic rings. The first-order chi connectivity index (χ1) is 6.40. The molecule has 1 rings (SSSR count). The van der Waals surface area contributed by atoms with Gasteiger partial charge in [0.25, 0.3) is 0 Å². The van der Waals surface area contributed by atoms with E-state index in [0.717, 1.165) is 11.8 Å². The van der Waals surface area contributed by atoms with Gasteiger partial charge in [-0.05, 0) is 18.6 Å². The third kappa shape index (κ3) is 3.01. The molecule has 1 aromatic carbocycles. The van der Waals surface area contributed by atoms with Crippen molar-refractivity contribution in [2.75, 3.05) is 11.0 Å². The highest BCUT2D eigenvalue weighted by atomic mass is 32.2. The first-order valence-corrected chi connectivity index (χ1v) is 6.11. The molecule has 14 heavy (non-hydrogen) atoms. The van der Waals surface area contributed by atoms with E-state index < -0.39 is 10.0 Å². The topological polar surface area (TPSA) is 72.2 Å². The number of sulfonamides is 1. The maximum absolute atomic E-state index is 11.0. The van der Waals surface area contributed by atoms with Crippen molar-refractivity contribution in [2.45, 2.75) is 13.0 Å². The number of nitrogens with one attached hydrogen (secondary N) is 1. The van der Waals surface area contributed by atoms with Gasteiger partial charge in [-0.1, -0.05) is 18.2 Å². The molecule has 0 unspecified atom stereocenters. The SMILES string of the molecule is C[C@H](N)c1ccccc1NS(C)(=O)=O. The lowest BCUT2D eigenvalue weighted by Crippen LogP contribution is -2.14. The van der Waals surface area contributed by atoms with Crippen LogP contribution in [0.15, 0.2) is 24.3 Å². The Balaban J connectivity index is 3.08. The molecule has 1 atom stereocenters. The Morgan fingerprint density at radius 1 is 1.36 bits per heavy atom. The Bertz CT molecular complexity index is 413. The van der Waals surface area contributed by atoms with Crippen LogP contribution in [0.1, 0.15) is 18.5 Å². The average molecular weight is 214 g/mol. The Labute approximate surface area is 84.2 Å². The molecule has 0 radical (unpaired) electrons. The van der Waals surface area contributed by atoms with Crippen molar-refractivity contribution in [3.63, 3.8) is 0 Å². The molecule has 0 saturated heterocycles. The van der Waals surface area contributed by atoms with Crippen LogP contribution in [-0.4, -0.2) is 14.7 Å². The molecule has 4 nitrogen and oxygen atoms in total. The molecule has 3 N–H and O–H groups in total. The van der Waals surface area contributed by atoms with Crippen LogP contribution < -0.4 is 10.5 Å². The summed E-state index contributed by atoms with van der Waals surface area (Å²) in [7, 11) is -3.24. The van der Waals surface area contributed by atoms with Crippen molar-refractivity contribution in [3.05, 3.63) is 29.8 Å². The summed E-state index contributed by atoms with van der Waals surface area (Å²) in [6, 6.07) is 6.89. The monoisotopic (exact) mass is 214 g/mol. The van der Waals surface area contributed by atoms with Crippen LogP contribution in [0.2, 0.25) is 0 Å². The minimum absolute atomic E-state index is 0.194. The fraction of sp³-hybridized carbons (Fsp3) is 0.333. The summed E-state index contributed by atoms with van der Waals surface area (Å²) in [5.41, 5.74) is 7.03. The second-order valence-corrected chi connectivity index (χ2v) is 5.00. The molecular weight excluding hydrogens is 200 g/mol. The number of nitrogens with two attached hydrogens (primary N) is 1. The zero-order chi connectivity index (χ0) is 10.8. The second kappa shape index (κ2) is 3.98. The summed E-state index contributed by atoms with van der Waals surface area (Å²) < 4.78 is 24.5. The van der Waals surface area contributed by atoms with Gasteiger partial charge in [0.2, 0.25) is 10.0 Å². The lowest BCUT2D eigenvalue weighted by Gasteiger charge is -2.12.